The van der Waals surface area contributed by atoms with Crippen LogP contribution in [-0.4, -0.2) is 33.4 Å². The lowest BCUT2D eigenvalue weighted by molar-refractivity contribution is 0.0879. The number of nitrogens with one attached hydrogen (secondary N) is 2. The average Bonchev–Trinajstić information content (AvgIpc) is 2.92. The second-order valence-electron chi connectivity index (χ2n) is 7.51. The van der Waals surface area contributed by atoms with E-state index in [0.717, 1.165) is 0 Å². The van der Waals surface area contributed by atoms with Crippen LogP contribution in [0, 0.1) is 0 Å². The Kier molecular flexibility index (Phi) is 5.27. The third kappa shape index (κ3) is 4.23. The number of ether oxygens (including phenoxy) is 1. The van der Waals surface area contributed by atoms with E-state index in [1.54, 1.807) is 0 Å². The van der Waals surface area contributed by atoms with Gasteiger partial charge in [0.1, 0.15) is 12.4 Å². The van der Waals surface area contributed by atoms with Crippen LogP contribution in [0.2, 0.25) is 0 Å². The van der Waals surface area contributed by atoms with E-state index in [1.165, 1.54) is 23.8 Å². The van der Waals surface area contributed by atoms with Gasteiger partial charge in [0.15, 0.2) is 0 Å². The van der Waals surface area contributed by atoms with Crippen molar-refractivity contribution < 1.29 is 22.7 Å². The minimum absolute atomic E-state index is 0.0472. The number of hydrogen-bond acceptors (Lipinski definition) is 5. The van der Waals surface area contributed by atoms with E-state index in [0.29, 0.717) is 5.75 Å². The number of benzene rings is 2. The molecular formula is C20H22N2O5S. The number of rotatable bonds is 6. The molecule has 0 atom stereocenters. The molecule has 0 spiro atoms. The molecule has 7 nitrogen and oxygen atoms in total. The van der Waals surface area contributed by atoms with Crippen molar-refractivity contribution in [1.82, 2.24) is 10.0 Å². The highest BCUT2D eigenvalue weighted by molar-refractivity contribution is 7.89. The van der Waals surface area contributed by atoms with Crippen LogP contribution in [0.3, 0.4) is 0 Å². The van der Waals surface area contributed by atoms with Gasteiger partial charge in [0, 0.05) is 6.54 Å². The van der Waals surface area contributed by atoms with E-state index in [-0.39, 0.29) is 34.6 Å². The summed E-state index contributed by atoms with van der Waals surface area (Å²) >= 11 is 0. The molecule has 2 N–H and O–H groups in total. The first-order valence-corrected chi connectivity index (χ1v) is 10.3. The molecular weight excluding hydrogens is 380 g/mol. The Morgan fingerprint density at radius 1 is 0.964 bits per heavy atom. The molecule has 148 valence electrons. The van der Waals surface area contributed by atoms with Crippen LogP contribution >= 0.6 is 0 Å². The summed E-state index contributed by atoms with van der Waals surface area (Å²) in [7, 11) is -3.82. The maximum Gasteiger partial charge on any atom is 0.258 e. The molecule has 2 aromatic rings. The first-order valence-electron chi connectivity index (χ1n) is 8.81. The van der Waals surface area contributed by atoms with Crippen LogP contribution in [0.5, 0.6) is 5.75 Å². The molecule has 1 heterocycles. The number of carbonyl (C=O) groups is 2. The van der Waals surface area contributed by atoms with Gasteiger partial charge < -0.3 is 4.74 Å². The lowest BCUT2D eigenvalue weighted by atomic mass is 9.87. The normalized spacial score (nSPS) is 14.0. The minimum atomic E-state index is -3.82. The number of hydrogen-bond donors (Lipinski definition) is 2. The second kappa shape index (κ2) is 7.37. The van der Waals surface area contributed by atoms with Crippen molar-refractivity contribution in [2.75, 3.05) is 13.2 Å². The van der Waals surface area contributed by atoms with Gasteiger partial charge in [-0.1, -0.05) is 32.9 Å². The zero-order valence-electron chi connectivity index (χ0n) is 15.9. The van der Waals surface area contributed by atoms with Crippen LogP contribution in [0.15, 0.2) is 47.4 Å². The van der Waals surface area contributed by atoms with Crippen LogP contribution in [-0.2, 0) is 15.4 Å². The van der Waals surface area contributed by atoms with Gasteiger partial charge in [0.2, 0.25) is 10.0 Å². The quantitative estimate of drug-likeness (QED) is 0.570. The Bertz CT molecular complexity index is 1020. The van der Waals surface area contributed by atoms with Crippen LogP contribution < -0.4 is 14.8 Å². The van der Waals surface area contributed by atoms with Gasteiger partial charge in [-0.15, -0.1) is 0 Å². The smallest absolute Gasteiger partial charge is 0.258 e. The van der Waals surface area contributed by atoms with E-state index >= 15 is 0 Å². The molecule has 0 aliphatic carbocycles. The fourth-order valence-corrected chi connectivity index (χ4v) is 3.83. The molecule has 3 rings (SSSR count). The van der Waals surface area contributed by atoms with E-state index in [1.807, 2.05) is 24.3 Å². The zero-order chi connectivity index (χ0) is 20.5. The molecule has 0 radical (unpaired) electrons. The zero-order valence-corrected chi connectivity index (χ0v) is 16.7. The summed E-state index contributed by atoms with van der Waals surface area (Å²) in [4.78, 5) is 23.2. The highest BCUT2D eigenvalue weighted by Crippen LogP contribution is 2.24. The SMILES string of the molecule is CC(C)(C)c1ccc(OCCNS(=O)(=O)c2ccc3c(c2)C(=O)NC3=O)cc1. The summed E-state index contributed by atoms with van der Waals surface area (Å²) in [5.74, 6) is -0.471. The van der Waals surface area contributed by atoms with E-state index in [4.69, 9.17) is 4.74 Å². The first kappa shape index (κ1) is 20.0. The van der Waals surface area contributed by atoms with Crippen LogP contribution in [0.1, 0.15) is 47.1 Å². The van der Waals surface area contributed by atoms with Crippen molar-refractivity contribution in [2.24, 2.45) is 0 Å². The van der Waals surface area contributed by atoms with Crippen molar-refractivity contribution in [2.45, 2.75) is 31.1 Å². The first-order chi connectivity index (χ1) is 13.1. The maximum absolute atomic E-state index is 12.4. The Labute approximate surface area is 164 Å². The second-order valence-corrected chi connectivity index (χ2v) is 9.28. The van der Waals surface area contributed by atoms with Gasteiger partial charge in [-0.2, -0.15) is 0 Å². The molecule has 1 aliphatic heterocycles. The average molecular weight is 402 g/mol. The highest BCUT2D eigenvalue weighted by Gasteiger charge is 2.28. The van der Waals surface area contributed by atoms with Gasteiger partial charge in [0.25, 0.3) is 11.8 Å². The molecule has 0 aromatic heterocycles. The molecule has 0 saturated heterocycles. The maximum atomic E-state index is 12.4. The van der Waals surface area contributed by atoms with E-state index in [2.05, 4.69) is 30.8 Å². The van der Waals surface area contributed by atoms with Crippen LogP contribution in [0.4, 0.5) is 0 Å². The summed E-state index contributed by atoms with van der Waals surface area (Å²) in [6.07, 6.45) is 0. The predicted molar refractivity (Wildman–Crippen MR) is 104 cm³/mol. The largest absolute Gasteiger partial charge is 0.492 e. The van der Waals surface area contributed by atoms with E-state index in [9.17, 15) is 18.0 Å². The van der Waals surface area contributed by atoms with Gasteiger partial charge in [-0.3, -0.25) is 14.9 Å². The minimum Gasteiger partial charge on any atom is -0.492 e. The molecule has 0 saturated carbocycles. The fourth-order valence-electron chi connectivity index (χ4n) is 2.79. The molecule has 1 aliphatic rings. The lowest BCUT2D eigenvalue weighted by Crippen LogP contribution is -2.28. The highest BCUT2D eigenvalue weighted by atomic mass is 32.2. The Hall–Kier alpha value is -2.71. The van der Waals surface area contributed by atoms with Crippen molar-refractivity contribution in [3.05, 3.63) is 59.2 Å². The van der Waals surface area contributed by atoms with Crippen molar-refractivity contribution >= 4 is 21.8 Å². The molecule has 0 bridgehead atoms. The topological polar surface area (TPSA) is 102 Å². The Morgan fingerprint density at radius 2 is 1.61 bits per heavy atom. The monoisotopic (exact) mass is 402 g/mol. The summed E-state index contributed by atoms with van der Waals surface area (Å²) in [5.41, 5.74) is 1.46. The predicted octanol–water partition coefficient (Wildman–Crippen LogP) is 2.23. The van der Waals surface area contributed by atoms with Gasteiger partial charge in [-0.25, -0.2) is 13.1 Å². The van der Waals surface area contributed by atoms with Crippen LogP contribution in [0.25, 0.3) is 0 Å². The summed E-state index contributed by atoms with van der Waals surface area (Å²) < 4.78 is 32.8. The molecule has 0 fully saturated rings. The Morgan fingerprint density at radius 3 is 2.25 bits per heavy atom. The van der Waals surface area contributed by atoms with Gasteiger partial charge in [0.05, 0.1) is 16.0 Å². The number of fused-ring (bicyclic) bond motifs is 1. The third-order valence-corrected chi connectivity index (χ3v) is 5.86. The summed E-state index contributed by atoms with van der Waals surface area (Å²) in [6.45, 7) is 6.58. The molecule has 8 heteroatoms. The molecule has 0 unspecified atom stereocenters. The molecule has 2 amide bonds. The number of sulfonamides is 1. The summed E-state index contributed by atoms with van der Waals surface area (Å²) in [6, 6.07) is 11.5. The standard InChI is InChI=1S/C20H22N2O5S/c1-20(2,3)13-4-6-14(7-5-13)27-11-10-21-28(25,26)15-8-9-16-17(12-15)19(24)22-18(16)23/h4-9,12,21H,10-11H2,1-3H3,(H,22,23,24). The van der Waals surface area contributed by atoms with Crippen molar-refractivity contribution in [1.29, 1.82) is 0 Å². The van der Waals surface area contributed by atoms with Gasteiger partial charge in [-0.05, 0) is 41.3 Å². The lowest BCUT2D eigenvalue weighted by Gasteiger charge is -2.19. The number of carbonyl (C=O) groups excluding carboxylic acids is 2. The van der Waals surface area contributed by atoms with E-state index < -0.39 is 21.8 Å². The number of imide groups is 1. The fraction of sp³-hybridized carbons (Fsp3) is 0.300. The third-order valence-electron chi connectivity index (χ3n) is 4.40. The Balaban J connectivity index is 1.58. The summed E-state index contributed by atoms with van der Waals surface area (Å²) in [5, 5.41) is 2.13. The van der Waals surface area contributed by atoms with Crippen molar-refractivity contribution in [3.8, 4) is 5.75 Å². The number of amides is 2. The molecule has 28 heavy (non-hydrogen) atoms. The molecule has 2 aromatic carbocycles. The van der Waals surface area contributed by atoms with Crippen molar-refractivity contribution in [3.63, 3.8) is 0 Å². The van der Waals surface area contributed by atoms with Gasteiger partial charge >= 0.3 is 0 Å².